The zero-order valence-corrected chi connectivity index (χ0v) is 13.6. The minimum absolute atomic E-state index is 0.176. The first-order valence-corrected chi connectivity index (χ1v) is 7.56. The van der Waals surface area contributed by atoms with E-state index >= 15 is 0 Å². The highest BCUT2D eigenvalue weighted by atomic mass is 16.5. The minimum Gasteiger partial charge on any atom is -0.497 e. The Hall–Kier alpha value is -3.35. The standard InChI is InChI=1S/C18H15NO6/c1-3-24-17(21)11-4-6-12(7-5-11)19-16(20)14-10-13(23-2)8-9-15(14)25-18(19)22/h4-10H,3H2,1-2H3. The lowest BCUT2D eigenvalue weighted by Gasteiger charge is -2.07. The summed E-state index contributed by atoms with van der Waals surface area (Å²) in [6.45, 7) is 1.97. The number of hydrogen-bond donors (Lipinski definition) is 0. The number of ether oxygens (including phenoxy) is 2. The molecule has 0 aliphatic carbocycles. The van der Waals surface area contributed by atoms with E-state index in [1.807, 2.05) is 0 Å². The van der Waals surface area contributed by atoms with Gasteiger partial charge in [0.1, 0.15) is 11.3 Å². The molecule has 128 valence electrons. The van der Waals surface area contributed by atoms with Crippen molar-refractivity contribution in [2.24, 2.45) is 0 Å². The zero-order valence-electron chi connectivity index (χ0n) is 13.6. The summed E-state index contributed by atoms with van der Waals surface area (Å²) in [5.74, 6) is -0.814. The van der Waals surface area contributed by atoms with Gasteiger partial charge in [0, 0.05) is 0 Å². The van der Waals surface area contributed by atoms with Crippen molar-refractivity contribution in [3.8, 4) is 11.4 Å². The lowest BCUT2D eigenvalue weighted by atomic mass is 10.2. The Balaban J connectivity index is 2.13. The Morgan fingerprint density at radius 2 is 1.84 bits per heavy atom. The quantitative estimate of drug-likeness (QED) is 0.676. The van der Waals surface area contributed by atoms with Crippen molar-refractivity contribution in [3.05, 3.63) is 68.9 Å². The van der Waals surface area contributed by atoms with Crippen LogP contribution in [-0.4, -0.2) is 24.3 Å². The minimum atomic E-state index is -0.813. The third-order valence-electron chi connectivity index (χ3n) is 3.64. The molecule has 0 spiro atoms. The third-order valence-corrected chi connectivity index (χ3v) is 3.64. The average molecular weight is 341 g/mol. The number of fused-ring (bicyclic) bond motifs is 1. The van der Waals surface area contributed by atoms with Crippen LogP contribution in [0.2, 0.25) is 0 Å². The molecule has 3 rings (SSSR count). The monoisotopic (exact) mass is 341 g/mol. The van der Waals surface area contributed by atoms with E-state index in [9.17, 15) is 14.4 Å². The summed E-state index contributed by atoms with van der Waals surface area (Å²) >= 11 is 0. The van der Waals surface area contributed by atoms with E-state index in [2.05, 4.69) is 0 Å². The molecule has 1 aromatic heterocycles. The highest BCUT2D eigenvalue weighted by Crippen LogP contribution is 2.17. The van der Waals surface area contributed by atoms with E-state index in [4.69, 9.17) is 13.9 Å². The van der Waals surface area contributed by atoms with Gasteiger partial charge < -0.3 is 13.9 Å². The van der Waals surface area contributed by atoms with Crippen LogP contribution in [0.3, 0.4) is 0 Å². The van der Waals surface area contributed by atoms with Crippen molar-refractivity contribution < 1.29 is 18.7 Å². The van der Waals surface area contributed by atoms with Crippen LogP contribution >= 0.6 is 0 Å². The number of benzene rings is 2. The summed E-state index contributed by atoms with van der Waals surface area (Å²) in [4.78, 5) is 36.6. The fourth-order valence-electron chi connectivity index (χ4n) is 2.42. The van der Waals surface area contributed by atoms with E-state index in [0.717, 1.165) is 4.57 Å². The van der Waals surface area contributed by atoms with Crippen molar-refractivity contribution in [2.45, 2.75) is 6.92 Å². The number of hydrogen-bond acceptors (Lipinski definition) is 6. The van der Waals surface area contributed by atoms with Gasteiger partial charge >= 0.3 is 11.7 Å². The Kier molecular flexibility index (Phi) is 4.38. The summed E-state index contributed by atoms with van der Waals surface area (Å²) < 4.78 is 16.1. The molecule has 25 heavy (non-hydrogen) atoms. The van der Waals surface area contributed by atoms with Crippen LogP contribution in [0.4, 0.5) is 0 Å². The first-order chi connectivity index (χ1) is 12.0. The molecule has 2 aromatic carbocycles. The molecule has 0 radical (unpaired) electrons. The topological polar surface area (TPSA) is 87.7 Å². The van der Waals surface area contributed by atoms with Gasteiger partial charge in [-0.05, 0) is 49.4 Å². The van der Waals surface area contributed by atoms with E-state index in [0.29, 0.717) is 11.3 Å². The fraction of sp³-hybridized carbons (Fsp3) is 0.167. The van der Waals surface area contributed by atoms with Gasteiger partial charge in [-0.25, -0.2) is 14.2 Å². The number of aromatic nitrogens is 1. The number of nitrogens with zero attached hydrogens (tertiary/aromatic N) is 1. The Morgan fingerprint density at radius 3 is 2.48 bits per heavy atom. The average Bonchev–Trinajstić information content (AvgIpc) is 2.62. The number of carbonyl (C=O) groups is 1. The van der Waals surface area contributed by atoms with Crippen LogP contribution in [0.5, 0.6) is 5.75 Å². The molecule has 0 aliphatic heterocycles. The molecule has 0 saturated carbocycles. The molecule has 0 atom stereocenters. The van der Waals surface area contributed by atoms with Gasteiger partial charge in [-0.3, -0.25) is 4.79 Å². The van der Waals surface area contributed by atoms with Crippen molar-refractivity contribution in [1.29, 1.82) is 0 Å². The lowest BCUT2D eigenvalue weighted by molar-refractivity contribution is 0.0526. The van der Waals surface area contributed by atoms with E-state index in [1.165, 1.54) is 43.5 Å². The van der Waals surface area contributed by atoms with Crippen LogP contribution in [0.1, 0.15) is 17.3 Å². The molecule has 0 fully saturated rings. The van der Waals surface area contributed by atoms with Crippen molar-refractivity contribution >= 4 is 16.9 Å². The van der Waals surface area contributed by atoms with Crippen molar-refractivity contribution in [2.75, 3.05) is 13.7 Å². The molecule has 7 heteroatoms. The molecular weight excluding hydrogens is 326 g/mol. The maximum Gasteiger partial charge on any atom is 0.426 e. The molecule has 0 saturated heterocycles. The third kappa shape index (κ3) is 3.03. The SMILES string of the molecule is CCOC(=O)c1ccc(-n2c(=O)oc3ccc(OC)cc3c2=O)cc1. The molecule has 7 nitrogen and oxygen atoms in total. The molecule has 0 N–H and O–H groups in total. The highest BCUT2D eigenvalue weighted by Gasteiger charge is 2.13. The van der Waals surface area contributed by atoms with Gasteiger partial charge in [0.15, 0.2) is 0 Å². The summed E-state index contributed by atoms with van der Waals surface area (Å²) in [5, 5.41) is 0.216. The smallest absolute Gasteiger partial charge is 0.426 e. The lowest BCUT2D eigenvalue weighted by Crippen LogP contribution is -2.30. The summed E-state index contributed by atoms with van der Waals surface area (Å²) in [7, 11) is 1.48. The van der Waals surface area contributed by atoms with Gasteiger partial charge in [0.05, 0.1) is 30.4 Å². The van der Waals surface area contributed by atoms with E-state index in [-0.39, 0.29) is 23.3 Å². The first kappa shape index (κ1) is 16.5. The van der Waals surface area contributed by atoms with Gasteiger partial charge in [0.25, 0.3) is 5.56 Å². The van der Waals surface area contributed by atoms with Crippen molar-refractivity contribution in [1.82, 2.24) is 4.57 Å². The number of rotatable bonds is 4. The maximum atomic E-state index is 12.7. The first-order valence-electron chi connectivity index (χ1n) is 7.56. The number of esters is 1. The zero-order chi connectivity index (χ0) is 18.0. The predicted octanol–water partition coefficient (Wildman–Crippen LogP) is 2.13. The molecular formula is C18H15NO6. The van der Waals surface area contributed by atoms with Gasteiger partial charge in [-0.2, -0.15) is 0 Å². The van der Waals surface area contributed by atoms with Crippen LogP contribution in [-0.2, 0) is 4.74 Å². The molecule has 1 heterocycles. The highest BCUT2D eigenvalue weighted by molar-refractivity contribution is 5.89. The summed E-state index contributed by atoms with van der Waals surface area (Å²) in [6, 6.07) is 10.5. The number of methoxy groups -OCH3 is 1. The van der Waals surface area contributed by atoms with Crippen LogP contribution in [0, 0.1) is 0 Å². The maximum absolute atomic E-state index is 12.7. The van der Waals surface area contributed by atoms with Crippen LogP contribution < -0.4 is 16.1 Å². The Labute approximate surface area is 142 Å². The second-order valence-electron chi connectivity index (χ2n) is 5.14. The fourth-order valence-corrected chi connectivity index (χ4v) is 2.42. The summed E-state index contributed by atoms with van der Waals surface area (Å²) in [5.41, 5.74) is 0.256. The second-order valence-corrected chi connectivity index (χ2v) is 5.14. The Morgan fingerprint density at radius 1 is 1.12 bits per heavy atom. The van der Waals surface area contributed by atoms with Crippen molar-refractivity contribution in [3.63, 3.8) is 0 Å². The summed E-state index contributed by atoms with van der Waals surface area (Å²) in [6.07, 6.45) is 0. The largest absolute Gasteiger partial charge is 0.497 e. The van der Waals surface area contributed by atoms with E-state index < -0.39 is 17.3 Å². The van der Waals surface area contributed by atoms with Gasteiger partial charge in [-0.15, -0.1) is 0 Å². The normalized spacial score (nSPS) is 10.6. The molecule has 0 amide bonds. The molecule has 0 aliphatic rings. The molecule has 0 unspecified atom stereocenters. The molecule has 3 aromatic rings. The van der Waals surface area contributed by atoms with Crippen LogP contribution in [0.15, 0.2) is 56.5 Å². The molecule has 0 bridgehead atoms. The Bertz CT molecular complexity index is 1050. The van der Waals surface area contributed by atoms with Gasteiger partial charge in [-0.1, -0.05) is 0 Å². The van der Waals surface area contributed by atoms with Gasteiger partial charge in [0.2, 0.25) is 0 Å². The van der Waals surface area contributed by atoms with E-state index in [1.54, 1.807) is 13.0 Å². The number of carbonyl (C=O) groups excluding carboxylic acids is 1. The second kappa shape index (κ2) is 6.64. The predicted molar refractivity (Wildman–Crippen MR) is 90.6 cm³/mol. The van der Waals surface area contributed by atoms with Crippen LogP contribution in [0.25, 0.3) is 16.7 Å².